The Morgan fingerprint density at radius 2 is 1.85 bits per heavy atom. The number of anilines is 1. The zero-order chi connectivity index (χ0) is 14.7. The minimum Gasteiger partial charge on any atom is -0.378 e. The SMILES string of the molecule is NC(=O)c1ccc(F)c(NCc2cc(Cl)ccc2F)c1. The van der Waals surface area contributed by atoms with Gasteiger partial charge in [0.15, 0.2) is 0 Å². The van der Waals surface area contributed by atoms with Crippen LogP contribution < -0.4 is 11.1 Å². The van der Waals surface area contributed by atoms with Gasteiger partial charge in [0.2, 0.25) is 5.91 Å². The molecule has 2 aromatic carbocycles. The van der Waals surface area contributed by atoms with Crippen molar-refractivity contribution in [3.8, 4) is 0 Å². The van der Waals surface area contributed by atoms with E-state index in [2.05, 4.69) is 5.32 Å². The first-order chi connectivity index (χ1) is 9.47. The number of hydrogen-bond donors (Lipinski definition) is 2. The van der Waals surface area contributed by atoms with Gasteiger partial charge in [0.05, 0.1) is 5.69 Å². The molecule has 3 nitrogen and oxygen atoms in total. The summed E-state index contributed by atoms with van der Waals surface area (Å²) in [6, 6.07) is 7.78. The molecule has 0 fully saturated rings. The van der Waals surface area contributed by atoms with E-state index in [1.165, 1.54) is 30.3 Å². The van der Waals surface area contributed by atoms with Crippen LogP contribution in [-0.2, 0) is 6.54 Å². The van der Waals surface area contributed by atoms with Gasteiger partial charge in [0, 0.05) is 22.7 Å². The van der Waals surface area contributed by atoms with Crippen LogP contribution in [0.4, 0.5) is 14.5 Å². The summed E-state index contributed by atoms with van der Waals surface area (Å²) in [4.78, 5) is 11.0. The number of nitrogens with two attached hydrogens (primary N) is 1. The van der Waals surface area contributed by atoms with E-state index >= 15 is 0 Å². The molecule has 0 heterocycles. The Kier molecular flexibility index (Phi) is 4.20. The fourth-order valence-electron chi connectivity index (χ4n) is 1.68. The highest BCUT2D eigenvalue weighted by atomic mass is 35.5. The van der Waals surface area contributed by atoms with Gasteiger partial charge in [-0.15, -0.1) is 0 Å². The van der Waals surface area contributed by atoms with Gasteiger partial charge in [-0.25, -0.2) is 8.78 Å². The highest BCUT2D eigenvalue weighted by Crippen LogP contribution is 2.19. The Morgan fingerprint density at radius 3 is 2.55 bits per heavy atom. The number of hydrogen-bond acceptors (Lipinski definition) is 2. The average Bonchev–Trinajstić information content (AvgIpc) is 2.41. The van der Waals surface area contributed by atoms with Crippen molar-refractivity contribution in [2.24, 2.45) is 5.73 Å². The first-order valence-electron chi connectivity index (χ1n) is 5.74. The van der Waals surface area contributed by atoms with E-state index in [9.17, 15) is 13.6 Å². The molecular formula is C14H11ClF2N2O. The molecule has 6 heteroatoms. The lowest BCUT2D eigenvalue weighted by atomic mass is 10.1. The molecule has 0 spiro atoms. The van der Waals surface area contributed by atoms with Crippen LogP contribution in [0.1, 0.15) is 15.9 Å². The highest BCUT2D eigenvalue weighted by molar-refractivity contribution is 6.30. The van der Waals surface area contributed by atoms with Gasteiger partial charge in [0.25, 0.3) is 0 Å². The zero-order valence-corrected chi connectivity index (χ0v) is 11.0. The highest BCUT2D eigenvalue weighted by Gasteiger charge is 2.08. The van der Waals surface area contributed by atoms with Gasteiger partial charge < -0.3 is 11.1 Å². The van der Waals surface area contributed by atoms with Crippen LogP contribution in [0.5, 0.6) is 0 Å². The minimum atomic E-state index is -0.665. The van der Waals surface area contributed by atoms with E-state index in [1.54, 1.807) is 0 Å². The molecule has 2 aromatic rings. The lowest BCUT2D eigenvalue weighted by molar-refractivity contribution is 0.100. The quantitative estimate of drug-likeness (QED) is 0.909. The number of rotatable bonds is 4. The van der Waals surface area contributed by atoms with Gasteiger partial charge in [-0.3, -0.25) is 4.79 Å². The molecule has 0 aliphatic rings. The molecule has 0 saturated carbocycles. The standard InChI is InChI=1S/C14H11ClF2N2O/c15-10-2-4-11(16)9(5-10)7-19-13-6-8(14(18)20)1-3-12(13)17/h1-6,19H,7H2,(H2,18,20). The van der Waals surface area contributed by atoms with Crippen molar-refractivity contribution >= 4 is 23.2 Å². The van der Waals surface area contributed by atoms with Gasteiger partial charge in [-0.2, -0.15) is 0 Å². The normalized spacial score (nSPS) is 10.3. The molecule has 20 heavy (non-hydrogen) atoms. The molecule has 0 saturated heterocycles. The van der Waals surface area contributed by atoms with E-state index in [4.69, 9.17) is 17.3 Å². The lowest BCUT2D eigenvalue weighted by Gasteiger charge is -2.10. The zero-order valence-electron chi connectivity index (χ0n) is 10.3. The minimum absolute atomic E-state index is 0.0333. The molecule has 0 aromatic heterocycles. The van der Waals surface area contributed by atoms with E-state index in [0.717, 1.165) is 6.07 Å². The number of benzene rings is 2. The smallest absolute Gasteiger partial charge is 0.248 e. The maximum atomic E-state index is 13.6. The second kappa shape index (κ2) is 5.88. The molecular weight excluding hydrogens is 286 g/mol. The van der Waals surface area contributed by atoms with Gasteiger partial charge in [0.1, 0.15) is 11.6 Å². The van der Waals surface area contributed by atoms with Crippen molar-refractivity contribution in [3.05, 3.63) is 64.2 Å². The predicted molar refractivity (Wildman–Crippen MR) is 73.7 cm³/mol. The molecule has 0 atom stereocenters. The van der Waals surface area contributed by atoms with Crippen molar-refractivity contribution in [2.45, 2.75) is 6.54 Å². The molecule has 2 rings (SSSR count). The maximum Gasteiger partial charge on any atom is 0.248 e. The third-order valence-corrected chi connectivity index (χ3v) is 2.96. The van der Waals surface area contributed by atoms with Crippen LogP contribution >= 0.6 is 11.6 Å². The second-order valence-corrected chi connectivity index (χ2v) is 4.58. The van der Waals surface area contributed by atoms with E-state index in [0.29, 0.717) is 10.6 Å². The van der Waals surface area contributed by atoms with Crippen molar-refractivity contribution in [1.29, 1.82) is 0 Å². The Hall–Kier alpha value is -2.14. The monoisotopic (exact) mass is 296 g/mol. The Bertz CT molecular complexity index is 662. The summed E-state index contributed by atoms with van der Waals surface area (Å²) in [7, 11) is 0. The van der Waals surface area contributed by atoms with Gasteiger partial charge in [-0.1, -0.05) is 11.6 Å². The third kappa shape index (κ3) is 3.24. The summed E-state index contributed by atoms with van der Waals surface area (Å²) < 4.78 is 27.1. The third-order valence-electron chi connectivity index (χ3n) is 2.73. The number of carbonyl (C=O) groups is 1. The van der Waals surface area contributed by atoms with Crippen LogP contribution in [0.15, 0.2) is 36.4 Å². The maximum absolute atomic E-state index is 13.6. The predicted octanol–water partition coefficient (Wildman–Crippen LogP) is 3.33. The van der Waals surface area contributed by atoms with Crippen LogP contribution in [0.25, 0.3) is 0 Å². The summed E-state index contributed by atoms with van der Waals surface area (Å²) >= 11 is 5.77. The van der Waals surface area contributed by atoms with E-state index in [1.807, 2.05) is 0 Å². The first kappa shape index (κ1) is 14.3. The lowest BCUT2D eigenvalue weighted by Crippen LogP contribution is -2.12. The topological polar surface area (TPSA) is 55.1 Å². The number of amides is 1. The fraction of sp³-hybridized carbons (Fsp3) is 0.0714. The van der Waals surface area contributed by atoms with Crippen LogP contribution in [0, 0.1) is 11.6 Å². The molecule has 1 amide bonds. The van der Waals surface area contributed by atoms with Crippen molar-refractivity contribution < 1.29 is 13.6 Å². The van der Waals surface area contributed by atoms with Crippen molar-refractivity contribution in [2.75, 3.05) is 5.32 Å². The van der Waals surface area contributed by atoms with Crippen molar-refractivity contribution in [1.82, 2.24) is 0 Å². The summed E-state index contributed by atoms with van der Waals surface area (Å²) in [5, 5.41) is 3.09. The first-order valence-corrected chi connectivity index (χ1v) is 6.12. The van der Waals surface area contributed by atoms with Gasteiger partial charge >= 0.3 is 0 Å². The van der Waals surface area contributed by atoms with Crippen molar-refractivity contribution in [3.63, 3.8) is 0 Å². The van der Waals surface area contributed by atoms with Crippen LogP contribution in [0.3, 0.4) is 0 Å². The molecule has 0 aliphatic heterocycles. The largest absolute Gasteiger partial charge is 0.378 e. The molecule has 0 bridgehead atoms. The summed E-state index contributed by atoms with van der Waals surface area (Å²) in [6.45, 7) is 0.0333. The van der Waals surface area contributed by atoms with Gasteiger partial charge in [-0.05, 0) is 36.4 Å². The number of carbonyl (C=O) groups excluding carboxylic acids is 1. The molecule has 3 N–H and O–H groups in total. The number of nitrogens with one attached hydrogen (secondary N) is 1. The fourth-order valence-corrected chi connectivity index (χ4v) is 1.88. The Morgan fingerprint density at radius 1 is 1.15 bits per heavy atom. The Labute approximate surface area is 119 Å². The van der Waals surface area contributed by atoms with E-state index < -0.39 is 17.5 Å². The van der Waals surface area contributed by atoms with E-state index in [-0.39, 0.29) is 17.8 Å². The molecule has 0 aliphatic carbocycles. The molecule has 104 valence electrons. The number of primary amides is 1. The Balaban J connectivity index is 2.20. The number of halogens is 3. The summed E-state index contributed by atoms with van der Waals surface area (Å²) in [5.41, 5.74) is 5.65. The van der Waals surface area contributed by atoms with Crippen LogP contribution in [-0.4, -0.2) is 5.91 Å². The second-order valence-electron chi connectivity index (χ2n) is 4.15. The molecule has 0 unspecified atom stereocenters. The average molecular weight is 297 g/mol. The molecule has 0 radical (unpaired) electrons. The van der Waals surface area contributed by atoms with Crippen LogP contribution in [0.2, 0.25) is 5.02 Å². The summed E-state index contributed by atoms with van der Waals surface area (Å²) in [6.07, 6.45) is 0. The summed E-state index contributed by atoms with van der Waals surface area (Å²) in [5.74, 6) is -1.67.